The number of nitrogens with one attached hydrogen (secondary N) is 1. The van der Waals surface area contributed by atoms with Crippen LogP contribution < -0.4 is 4.90 Å². The van der Waals surface area contributed by atoms with Crippen LogP contribution in [0.2, 0.25) is 0 Å². The molecule has 148 valence electrons. The number of aromatic nitrogens is 5. The molecule has 1 aromatic carbocycles. The fourth-order valence-corrected chi connectivity index (χ4v) is 4.24. The number of anilines is 1. The van der Waals surface area contributed by atoms with Crippen LogP contribution in [-0.2, 0) is 7.05 Å². The molecule has 0 amide bonds. The number of nitrogens with zero attached hydrogens (tertiary/aromatic N) is 6. The summed E-state index contributed by atoms with van der Waals surface area (Å²) < 4.78 is 1.76. The van der Waals surface area contributed by atoms with Crippen molar-refractivity contribution < 1.29 is 4.79 Å². The molecule has 0 bridgehead atoms. The van der Waals surface area contributed by atoms with E-state index in [1.807, 2.05) is 44.4 Å². The Hall–Kier alpha value is -3.26. The first-order valence-electron chi connectivity index (χ1n) is 9.82. The van der Waals surface area contributed by atoms with Crippen molar-refractivity contribution in [2.24, 2.45) is 7.05 Å². The molecule has 1 aliphatic heterocycles. The molecule has 1 saturated heterocycles. The van der Waals surface area contributed by atoms with Crippen LogP contribution in [0.25, 0.3) is 21.9 Å². The topological polar surface area (TPSA) is 82.9 Å². The fraction of sp³-hybridized carbons (Fsp3) is 0.333. The summed E-state index contributed by atoms with van der Waals surface area (Å²) >= 11 is 0. The van der Waals surface area contributed by atoms with E-state index in [2.05, 4.69) is 29.9 Å². The van der Waals surface area contributed by atoms with Crippen LogP contribution in [0.1, 0.15) is 16.1 Å². The summed E-state index contributed by atoms with van der Waals surface area (Å²) in [5, 5.41) is 6.27. The van der Waals surface area contributed by atoms with Crippen LogP contribution in [0.15, 0.2) is 36.8 Å². The molecule has 0 atom stereocenters. The molecule has 4 heterocycles. The maximum absolute atomic E-state index is 13.0. The van der Waals surface area contributed by atoms with Crippen LogP contribution in [0.4, 0.5) is 5.82 Å². The van der Waals surface area contributed by atoms with Gasteiger partial charge in [0.1, 0.15) is 12.1 Å². The Morgan fingerprint density at radius 3 is 2.72 bits per heavy atom. The second-order valence-corrected chi connectivity index (χ2v) is 7.56. The van der Waals surface area contributed by atoms with Crippen molar-refractivity contribution in [1.29, 1.82) is 0 Å². The minimum absolute atomic E-state index is 0.171. The minimum atomic E-state index is 0.171. The second-order valence-electron chi connectivity index (χ2n) is 7.56. The Bertz CT molecular complexity index is 1200. The Balaban J connectivity index is 1.29. The molecule has 1 N–H and O–H groups in total. The van der Waals surface area contributed by atoms with Gasteiger partial charge in [-0.2, -0.15) is 5.10 Å². The Morgan fingerprint density at radius 2 is 1.90 bits per heavy atom. The summed E-state index contributed by atoms with van der Waals surface area (Å²) in [6.07, 6.45) is 3.41. The van der Waals surface area contributed by atoms with E-state index in [0.717, 1.165) is 65.2 Å². The SMILES string of the molecule is Cc1[nH]c2ccccc2c1C(=O)CN1CCN(c2ncnc3c2cnn3C)CC1. The van der Waals surface area contributed by atoms with E-state index in [4.69, 9.17) is 0 Å². The van der Waals surface area contributed by atoms with Gasteiger partial charge in [-0.05, 0) is 13.0 Å². The lowest BCUT2D eigenvalue weighted by atomic mass is 10.1. The van der Waals surface area contributed by atoms with Gasteiger partial charge in [-0.25, -0.2) is 9.97 Å². The van der Waals surface area contributed by atoms with Crippen molar-refractivity contribution in [1.82, 2.24) is 29.6 Å². The molecule has 0 aliphatic carbocycles. The number of benzene rings is 1. The number of hydrogen-bond donors (Lipinski definition) is 1. The Morgan fingerprint density at radius 1 is 1.10 bits per heavy atom. The summed E-state index contributed by atoms with van der Waals surface area (Å²) in [5.74, 6) is 1.09. The van der Waals surface area contributed by atoms with Gasteiger partial charge in [-0.1, -0.05) is 18.2 Å². The number of aromatic amines is 1. The number of Topliss-reactive ketones (excluding diaryl/α,β-unsaturated/α-hetero) is 1. The molecule has 0 saturated carbocycles. The molecule has 0 radical (unpaired) electrons. The molecule has 1 fully saturated rings. The minimum Gasteiger partial charge on any atom is -0.358 e. The van der Waals surface area contributed by atoms with Crippen molar-refractivity contribution in [2.75, 3.05) is 37.6 Å². The van der Waals surface area contributed by atoms with Gasteiger partial charge in [0.05, 0.1) is 18.1 Å². The van der Waals surface area contributed by atoms with E-state index >= 15 is 0 Å². The Kier molecular flexibility index (Phi) is 4.28. The zero-order valence-electron chi connectivity index (χ0n) is 16.6. The number of aryl methyl sites for hydroxylation is 2. The molecule has 8 nitrogen and oxygen atoms in total. The fourth-order valence-electron chi connectivity index (χ4n) is 4.24. The number of H-pyrrole nitrogens is 1. The zero-order valence-corrected chi connectivity index (χ0v) is 16.6. The van der Waals surface area contributed by atoms with E-state index in [1.54, 1.807) is 11.0 Å². The third-order valence-corrected chi connectivity index (χ3v) is 5.72. The molecule has 0 spiro atoms. The maximum atomic E-state index is 13.0. The highest BCUT2D eigenvalue weighted by molar-refractivity contribution is 6.10. The molecular formula is C21H23N7O. The second kappa shape index (κ2) is 6.97. The van der Waals surface area contributed by atoms with Gasteiger partial charge in [0, 0.05) is 55.4 Å². The predicted molar refractivity (Wildman–Crippen MR) is 112 cm³/mol. The molecule has 0 unspecified atom stereocenters. The molecular weight excluding hydrogens is 366 g/mol. The Labute approximate surface area is 168 Å². The quantitative estimate of drug-likeness (QED) is 0.539. The molecule has 4 aromatic rings. The molecule has 8 heteroatoms. The van der Waals surface area contributed by atoms with Gasteiger partial charge in [-0.15, -0.1) is 0 Å². The molecule has 5 rings (SSSR count). The van der Waals surface area contributed by atoms with E-state index in [0.29, 0.717) is 6.54 Å². The van der Waals surface area contributed by atoms with Gasteiger partial charge in [-0.3, -0.25) is 14.4 Å². The number of ketones is 1. The van der Waals surface area contributed by atoms with Crippen molar-refractivity contribution in [2.45, 2.75) is 6.92 Å². The molecule has 29 heavy (non-hydrogen) atoms. The number of carbonyl (C=O) groups excluding carboxylic acids is 1. The molecule has 1 aliphatic rings. The maximum Gasteiger partial charge on any atom is 0.179 e. The normalized spacial score (nSPS) is 15.4. The highest BCUT2D eigenvalue weighted by atomic mass is 16.1. The highest BCUT2D eigenvalue weighted by Gasteiger charge is 2.24. The number of hydrogen-bond acceptors (Lipinski definition) is 6. The van der Waals surface area contributed by atoms with Gasteiger partial charge in [0.2, 0.25) is 0 Å². The predicted octanol–water partition coefficient (Wildman–Crippen LogP) is 2.16. The first-order chi connectivity index (χ1) is 14.1. The summed E-state index contributed by atoms with van der Waals surface area (Å²) in [6, 6.07) is 7.99. The number of fused-ring (bicyclic) bond motifs is 2. The van der Waals surface area contributed by atoms with Crippen molar-refractivity contribution >= 4 is 33.5 Å². The zero-order chi connectivity index (χ0) is 20.0. The third-order valence-electron chi connectivity index (χ3n) is 5.72. The van der Waals surface area contributed by atoms with E-state index in [-0.39, 0.29) is 5.78 Å². The average Bonchev–Trinajstić information content (AvgIpc) is 3.28. The van der Waals surface area contributed by atoms with Crippen LogP contribution in [0.3, 0.4) is 0 Å². The van der Waals surface area contributed by atoms with Gasteiger partial charge in [0.15, 0.2) is 11.4 Å². The average molecular weight is 389 g/mol. The monoisotopic (exact) mass is 389 g/mol. The first-order valence-corrected chi connectivity index (χ1v) is 9.82. The lowest BCUT2D eigenvalue weighted by Crippen LogP contribution is -2.48. The van der Waals surface area contributed by atoms with E-state index in [9.17, 15) is 4.79 Å². The summed E-state index contributed by atoms with van der Waals surface area (Å²) in [5.41, 5.74) is 3.61. The summed E-state index contributed by atoms with van der Waals surface area (Å²) in [7, 11) is 1.88. The van der Waals surface area contributed by atoms with E-state index < -0.39 is 0 Å². The third kappa shape index (κ3) is 3.05. The van der Waals surface area contributed by atoms with Crippen LogP contribution in [0, 0.1) is 6.92 Å². The lowest BCUT2D eigenvalue weighted by molar-refractivity contribution is 0.0927. The summed E-state index contributed by atoms with van der Waals surface area (Å²) in [4.78, 5) is 29.6. The number of rotatable bonds is 4. The van der Waals surface area contributed by atoms with Crippen LogP contribution >= 0.6 is 0 Å². The van der Waals surface area contributed by atoms with Gasteiger partial charge >= 0.3 is 0 Å². The smallest absolute Gasteiger partial charge is 0.179 e. The number of piperazine rings is 1. The summed E-state index contributed by atoms with van der Waals surface area (Å²) in [6.45, 7) is 5.68. The standard InChI is InChI=1S/C21H23N7O/c1-14-19(15-5-3-4-6-17(15)25-14)18(29)12-27-7-9-28(10-8-27)21-16-11-24-26(2)20(16)22-13-23-21/h3-6,11,13,25H,7-10,12H2,1-2H3. The van der Waals surface area contributed by atoms with Crippen molar-refractivity contribution in [3.63, 3.8) is 0 Å². The van der Waals surface area contributed by atoms with Gasteiger partial charge < -0.3 is 9.88 Å². The number of para-hydroxylation sites is 1. The van der Waals surface area contributed by atoms with Gasteiger partial charge in [0.25, 0.3) is 0 Å². The van der Waals surface area contributed by atoms with E-state index in [1.165, 1.54) is 0 Å². The largest absolute Gasteiger partial charge is 0.358 e. The first kappa shape index (κ1) is 17.8. The van der Waals surface area contributed by atoms with Crippen LogP contribution in [0.5, 0.6) is 0 Å². The van der Waals surface area contributed by atoms with Crippen LogP contribution in [-0.4, -0.2) is 68.1 Å². The lowest BCUT2D eigenvalue weighted by Gasteiger charge is -2.35. The highest BCUT2D eigenvalue weighted by Crippen LogP contribution is 2.25. The van der Waals surface area contributed by atoms with Crippen molar-refractivity contribution in [3.05, 3.63) is 48.0 Å². The number of carbonyl (C=O) groups is 1. The van der Waals surface area contributed by atoms with Crippen molar-refractivity contribution in [3.8, 4) is 0 Å². The molecule has 3 aromatic heterocycles.